The first-order valence-corrected chi connectivity index (χ1v) is 10.1. The average molecular weight is 369 g/mol. The molecule has 2 fully saturated rings. The number of piperazine rings is 1. The first-order chi connectivity index (χ1) is 13.2. The first kappa shape index (κ1) is 18.0. The van der Waals surface area contributed by atoms with Gasteiger partial charge in [-0.05, 0) is 30.9 Å². The summed E-state index contributed by atoms with van der Waals surface area (Å²) >= 11 is 0. The Kier molecular flexibility index (Phi) is 5.41. The van der Waals surface area contributed by atoms with Crippen molar-refractivity contribution >= 4 is 22.9 Å². The van der Waals surface area contributed by atoms with E-state index in [9.17, 15) is 9.59 Å². The number of carbonyl (C=O) groups is 2. The Morgan fingerprint density at radius 3 is 2.74 bits per heavy atom. The molecular weight excluding hydrogens is 342 g/mol. The van der Waals surface area contributed by atoms with Crippen molar-refractivity contribution in [3.05, 3.63) is 30.2 Å². The second-order valence-corrected chi connectivity index (χ2v) is 7.74. The summed E-state index contributed by atoms with van der Waals surface area (Å²) in [6, 6.07) is 7.02. The molecule has 27 heavy (non-hydrogen) atoms. The van der Waals surface area contributed by atoms with Crippen LogP contribution >= 0.6 is 0 Å². The number of nitrogens with one attached hydrogen (secondary N) is 1. The van der Waals surface area contributed by atoms with Crippen LogP contribution in [0, 0.1) is 5.92 Å². The highest BCUT2D eigenvalue weighted by Gasteiger charge is 2.35. The van der Waals surface area contributed by atoms with E-state index in [2.05, 4.69) is 10.3 Å². The molecule has 2 aliphatic rings. The van der Waals surface area contributed by atoms with E-state index in [1.807, 2.05) is 24.3 Å². The predicted molar refractivity (Wildman–Crippen MR) is 102 cm³/mol. The number of hydrogen-bond donors (Lipinski definition) is 1. The van der Waals surface area contributed by atoms with Gasteiger partial charge in [0.2, 0.25) is 11.8 Å². The van der Waals surface area contributed by atoms with Gasteiger partial charge in [0.05, 0.1) is 6.42 Å². The molecule has 0 unspecified atom stereocenters. The topological polar surface area (TPSA) is 75.4 Å². The zero-order valence-corrected chi connectivity index (χ0v) is 15.7. The summed E-state index contributed by atoms with van der Waals surface area (Å²) in [5.74, 6) is 0.941. The first-order valence-electron chi connectivity index (χ1n) is 10.1. The number of benzene rings is 1. The quantitative estimate of drug-likeness (QED) is 0.841. The van der Waals surface area contributed by atoms with Crippen molar-refractivity contribution in [1.29, 1.82) is 0 Å². The fourth-order valence-corrected chi connectivity index (χ4v) is 4.32. The molecule has 2 heterocycles. The van der Waals surface area contributed by atoms with Crippen LogP contribution in [0.4, 0.5) is 0 Å². The Morgan fingerprint density at radius 1 is 1.19 bits per heavy atom. The smallest absolute Gasteiger partial charge is 0.243 e. The minimum Gasteiger partial charge on any atom is -0.441 e. The van der Waals surface area contributed by atoms with Crippen LogP contribution < -0.4 is 5.32 Å². The van der Waals surface area contributed by atoms with Gasteiger partial charge in [-0.2, -0.15) is 0 Å². The van der Waals surface area contributed by atoms with Crippen molar-refractivity contribution in [2.24, 2.45) is 5.92 Å². The Bertz CT molecular complexity index is 775. The third-order valence-corrected chi connectivity index (χ3v) is 5.80. The van der Waals surface area contributed by atoms with Gasteiger partial charge in [0.25, 0.3) is 0 Å². The second kappa shape index (κ2) is 8.11. The molecule has 0 bridgehead atoms. The fraction of sp³-hybridized carbons (Fsp3) is 0.571. The highest BCUT2D eigenvalue weighted by molar-refractivity contribution is 5.89. The maximum Gasteiger partial charge on any atom is 0.243 e. The van der Waals surface area contributed by atoms with Crippen LogP contribution in [0.25, 0.3) is 11.1 Å². The highest BCUT2D eigenvalue weighted by atomic mass is 16.3. The van der Waals surface area contributed by atoms with Gasteiger partial charge >= 0.3 is 0 Å². The van der Waals surface area contributed by atoms with Gasteiger partial charge in [-0.1, -0.05) is 37.8 Å². The summed E-state index contributed by atoms with van der Waals surface area (Å²) in [4.78, 5) is 31.7. The van der Waals surface area contributed by atoms with E-state index < -0.39 is 6.04 Å². The molecule has 144 valence electrons. The summed E-state index contributed by atoms with van der Waals surface area (Å²) in [7, 11) is 0. The minimum atomic E-state index is -0.537. The standard InChI is InChI=1S/C21H27N3O3/c25-20(13-15-7-3-1-2-4-8-15)24-12-11-22-21(26)17(24)14-19-23-16-9-5-6-10-18(16)27-19/h5-6,9-10,15,17H,1-4,7-8,11-14H2,(H,22,26)/t17-/m0/s1. The van der Waals surface area contributed by atoms with Gasteiger partial charge < -0.3 is 14.6 Å². The van der Waals surface area contributed by atoms with Crippen LogP contribution in [0.5, 0.6) is 0 Å². The Labute approximate surface area is 159 Å². The number of fused-ring (bicyclic) bond motifs is 1. The number of oxazole rings is 1. The molecule has 1 saturated heterocycles. The number of hydrogen-bond acceptors (Lipinski definition) is 4. The molecule has 2 aromatic rings. The summed E-state index contributed by atoms with van der Waals surface area (Å²) in [5, 5.41) is 2.88. The lowest BCUT2D eigenvalue weighted by Gasteiger charge is -2.35. The number of para-hydroxylation sites is 2. The zero-order chi connectivity index (χ0) is 18.6. The molecule has 6 heteroatoms. The van der Waals surface area contributed by atoms with Crippen LogP contribution in [-0.2, 0) is 16.0 Å². The molecule has 4 rings (SSSR count). The molecule has 1 aromatic heterocycles. The van der Waals surface area contributed by atoms with Gasteiger partial charge in [0, 0.05) is 19.5 Å². The maximum absolute atomic E-state index is 13.0. The Hall–Kier alpha value is -2.37. The Morgan fingerprint density at radius 2 is 1.96 bits per heavy atom. The summed E-state index contributed by atoms with van der Waals surface area (Å²) < 4.78 is 5.78. The van der Waals surface area contributed by atoms with Crippen LogP contribution in [0.15, 0.2) is 28.7 Å². The normalized spacial score (nSPS) is 21.9. The molecule has 1 atom stereocenters. The van der Waals surface area contributed by atoms with Gasteiger partial charge in [-0.15, -0.1) is 0 Å². The lowest BCUT2D eigenvalue weighted by Crippen LogP contribution is -2.58. The number of amides is 2. The van der Waals surface area contributed by atoms with Crippen molar-refractivity contribution in [2.45, 2.75) is 57.4 Å². The third kappa shape index (κ3) is 4.15. The van der Waals surface area contributed by atoms with Gasteiger partial charge in [-0.25, -0.2) is 4.98 Å². The van der Waals surface area contributed by atoms with Gasteiger partial charge in [0.15, 0.2) is 11.5 Å². The highest BCUT2D eigenvalue weighted by Crippen LogP contribution is 2.27. The number of carbonyl (C=O) groups excluding carboxylic acids is 2. The molecule has 0 radical (unpaired) electrons. The molecular formula is C21H27N3O3. The van der Waals surface area contributed by atoms with Crippen LogP contribution in [-0.4, -0.2) is 40.8 Å². The maximum atomic E-state index is 13.0. The van der Waals surface area contributed by atoms with E-state index in [-0.39, 0.29) is 11.8 Å². The molecule has 6 nitrogen and oxygen atoms in total. The lowest BCUT2D eigenvalue weighted by atomic mass is 9.95. The van der Waals surface area contributed by atoms with Crippen molar-refractivity contribution in [1.82, 2.24) is 15.2 Å². The fourth-order valence-electron chi connectivity index (χ4n) is 4.32. The lowest BCUT2D eigenvalue weighted by molar-refractivity contribution is -0.144. The van der Waals surface area contributed by atoms with Crippen molar-refractivity contribution in [2.75, 3.05) is 13.1 Å². The third-order valence-electron chi connectivity index (χ3n) is 5.80. The average Bonchev–Trinajstić information content (AvgIpc) is 2.90. The van der Waals surface area contributed by atoms with Crippen LogP contribution in [0.3, 0.4) is 0 Å². The van der Waals surface area contributed by atoms with E-state index >= 15 is 0 Å². The number of rotatable bonds is 4. The molecule has 1 saturated carbocycles. The van der Waals surface area contributed by atoms with E-state index in [1.165, 1.54) is 25.7 Å². The zero-order valence-electron chi connectivity index (χ0n) is 15.7. The van der Waals surface area contributed by atoms with Crippen LogP contribution in [0.2, 0.25) is 0 Å². The molecule has 2 amide bonds. The number of nitrogens with zero attached hydrogens (tertiary/aromatic N) is 2. The van der Waals surface area contributed by atoms with E-state index in [4.69, 9.17) is 4.42 Å². The van der Waals surface area contributed by atoms with E-state index in [0.29, 0.717) is 43.3 Å². The molecule has 1 aliphatic heterocycles. The van der Waals surface area contributed by atoms with Crippen molar-refractivity contribution in [3.8, 4) is 0 Å². The molecule has 1 aliphatic carbocycles. The van der Waals surface area contributed by atoms with Crippen molar-refractivity contribution in [3.63, 3.8) is 0 Å². The molecule has 1 aromatic carbocycles. The van der Waals surface area contributed by atoms with Crippen LogP contribution in [0.1, 0.15) is 50.8 Å². The predicted octanol–water partition coefficient (Wildman–Crippen LogP) is 3.06. The van der Waals surface area contributed by atoms with Gasteiger partial charge in [0.1, 0.15) is 11.6 Å². The second-order valence-electron chi connectivity index (χ2n) is 7.74. The largest absolute Gasteiger partial charge is 0.441 e. The summed E-state index contributed by atoms with van der Waals surface area (Å²) in [6.07, 6.45) is 8.10. The minimum absolute atomic E-state index is 0.0952. The summed E-state index contributed by atoms with van der Waals surface area (Å²) in [5.41, 5.74) is 1.49. The number of aromatic nitrogens is 1. The van der Waals surface area contributed by atoms with Gasteiger partial charge in [-0.3, -0.25) is 9.59 Å². The monoisotopic (exact) mass is 369 g/mol. The SMILES string of the molecule is O=C1NCCN(C(=O)CC2CCCCCC2)[C@H]1Cc1nc2ccccc2o1. The molecule has 0 spiro atoms. The summed E-state index contributed by atoms with van der Waals surface area (Å²) in [6.45, 7) is 1.07. The van der Waals surface area contributed by atoms with Crippen molar-refractivity contribution < 1.29 is 14.0 Å². The Balaban J connectivity index is 1.47. The molecule has 1 N–H and O–H groups in total. The van der Waals surface area contributed by atoms with E-state index in [1.54, 1.807) is 4.90 Å². The van der Waals surface area contributed by atoms with E-state index in [0.717, 1.165) is 18.4 Å².